The van der Waals surface area contributed by atoms with Crippen molar-refractivity contribution in [3.05, 3.63) is 40.7 Å². The Labute approximate surface area is 207 Å². The maximum absolute atomic E-state index is 13.5. The summed E-state index contributed by atoms with van der Waals surface area (Å²) < 4.78 is 28.0. The van der Waals surface area contributed by atoms with Crippen LogP contribution in [0.3, 0.4) is 0 Å². The SMILES string of the molecule is Cc1cc(S(=O)(=O)N2C=CNC(=O)[C@H]2CC(=O)N2CCC(CN3CCCC3)CC2)c(C)cc1Cl. The number of benzene rings is 1. The molecule has 0 aromatic heterocycles. The molecule has 10 heteroatoms. The van der Waals surface area contributed by atoms with Crippen LogP contribution in [0.4, 0.5) is 0 Å². The quantitative estimate of drug-likeness (QED) is 0.638. The fourth-order valence-electron chi connectivity index (χ4n) is 5.07. The second kappa shape index (κ2) is 10.3. The zero-order valence-electron chi connectivity index (χ0n) is 19.8. The van der Waals surface area contributed by atoms with E-state index < -0.39 is 22.0 Å². The Hall–Kier alpha value is -2.10. The zero-order chi connectivity index (χ0) is 24.5. The number of rotatable bonds is 6. The van der Waals surface area contributed by atoms with Crippen LogP contribution in [-0.4, -0.2) is 73.1 Å². The smallest absolute Gasteiger partial charge is 0.264 e. The first-order valence-electron chi connectivity index (χ1n) is 11.9. The maximum Gasteiger partial charge on any atom is 0.264 e. The lowest BCUT2D eigenvalue weighted by Gasteiger charge is -2.36. The third-order valence-corrected chi connectivity index (χ3v) is 9.45. The molecule has 0 spiro atoms. The Balaban J connectivity index is 1.45. The van der Waals surface area contributed by atoms with Crippen molar-refractivity contribution >= 4 is 33.4 Å². The van der Waals surface area contributed by atoms with E-state index in [1.807, 2.05) is 0 Å². The fourth-order valence-corrected chi connectivity index (χ4v) is 7.04. The number of nitrogens with zero attached hydrogens (tertiary/aromatic N) is 3. The lowest BCUT2D eigenvalue weighted by molar-refractivity contribution is -0.136. The summed E-state index contributed by atoms with van der Waals surface area (Å²) in [6, 6.07) is 1.97. The van der Waals surface area contributed by atoms with Gasteiger partial charge in [0.1, 0.15) is 6.04 Å². The molecular formula is C24H33ClN4O4S. The minimum absolute atomic E-state index is 0.0777. The molecule has 1 atom stereocenters. The molecule has 3 heterocycles. The second-order valence-electron chi connectivity index (χ2n) is 9.58. The van der Waals surface area contributed by atoms with Crippen LogP contribution < -0.4 is 5.32 Å². The fraction of sp³-hybridized carbons (Fsp3) is 0.583. The number of halogens is 1. The molecule has 4 rings (SSSR count). The topological polar surface area (TPSA) is 90.0 Å². The molecule has 34 heavy (non-hydrogen) atoms. The molecule has 8 nitrogen and oxygen atoms in total. The summed E-state index contributed by atoms with van der Waals surface area (Å²) in [5, 5.41) is 3.03. The van der Waals surface area contributed by atoms with Gasteiger partial charge in [-0.2, -0.15) is 0 Å². The Morgan fingerprint density at radius 3 is 2.44 bits per heavy atom. The van der Waals surface area contributed by atoms with E-state index >= 15 is 0 Å². The Morgan fingerprint density at radius 2 is 1.76 bits per heavy atom. The highest BCUT2D eigenvalue weighted by Gasteiger charge is 2.39. The van der Waals surface area contributed by atoms with E-state index in [9.17, 15) is 18.0 Å². The molecule has 3 aliphatic rings. The van der Waals surface area contributed by atoms with Gasteiger partial charge < -0.3 is 15.1 Å². The third kappa shape index (κ3) is 5.26. The average molecular weight is 509 g/mol. The molecule has 2 fully saturated rings. The molecule has 2 amide bonds. The van der Waals surface area contributed by atoms with E-state index in [1.54, 1.807) is 24.8 Å². The largest absolute Gasteiger partial charge is 0.343 e. The molecule has 1 aromatic rings. The molecule has 0 unspecified atom stereocenters. The number of amides is 2. The van der Waals surface area contributed by atoms with Crippen molar-refractivity contribution < 1.29 is 18.0 Å². The molecule has 0 aliphatic carbocycles. The summed E-state index contributed by atoms with van der Waals surface area (Å²) in [5.74, 6) is -0.123. The summed E-state index contributed by atoms with van der Waals surface area (Å²) in [6.45, 7) is 8.10. The number of likely N-dealkylation sites (tertiary alicyclic amines) is 2. The van der Waals surface area contributed by atoms with Gasteiger partial charge in [0.2, 0.25) is 11.8 Å². The van der Waals surface area contributed by atoms with Gasteiger partial charge in [-0.25, -0.2) is 8.42 Å². The number of carbonyl (C=O) groups is 2. The summed E-state index contributed by atoms with van der Waals surface area (Å²) in [4.78, 5) is 30.2. The lowest BCUT2D eigenvalue weighted by atomic mass is 9.95. The Kier molecular flexibility index (Phi) is 7.54. The van der Waals surface area contributed by atoms with Crippen LogP contribution in [0.25, 0.3) is 0 Å². The van der Waals surface area contributed by atoms with Gasteiger partial charge >= 0.3 is 0 Å². The number of piperidine rings is 1. The molecule has 2 saturated heterocycles. The highest BCUT2D eigenvalue weighted by Crippen LogP contribution is 2.29. The van der Waals surface area contributed by atoms with Crippen molar-refractivity contribution in [2.45, 2.75) is 56.9 Å². The van der Waals surface area contributed by atoms with Gasteiger partial charge in [-0.15, -0.1) is 0 Å². The third-order valence-electron chi connectivity index (χ3n) is 7.12. The van der Waals surface area contributed by atoms with Gasteiger partial charge in [0.25, 0.3) is 10.0 Å². The molecule has 0 saturated carbocycles. The van der Waals surface area contributed by atoms with Gasteiger partial charge in [-0.05, 0) is 81.8 Å². The first-order valence-corrected chi connectivity index (χ1v) is 13.8. The van der Waals surface area contributed by atoms with Crippen LogP contribution in [-0.2, 0) is 19.6 Å². The van der Waals surface area contributed by atoms with E-state index in [1.165, 1.54) is 44.4 Å². The van der Waals surface area contributed by atoms with Crippen LogP contribution in [0, 0.1) is 19.8 Å². The minimum Gasteiger partial charge on any atom is -0.343 e. The van der Waals surface area contributed by atoms with Crippen LogP contribution in [0.15, 0.2) is 29.4 Å². The van der Waals surface area contributed by atoms with Crippen molar-refractivity contribution in [3.63, 3.8) is 0 Å². The second-order valence-corrected chi connectivity index (χ2v) is 11.8. The van der Waals surface area contributed by atoms with Gasteiger partial charge in [-0.3, -0.25) is 13.9 Å². The van der Waals surface area contributed by atoms with Crippen molar-refractivity contribution in [3.8, 4) is 0 Å². The van der Waals surface area contributed by atoms with E-state index in [0.717, 1.165) is 23.7 Å². The highest BCUT2D eigenvalue weighted by atomic mass is 35.5. The monoisotopic (exact) mass is 508 g/mol. The van der Waals surface area contributed by atoms with Crippen LogP contribution in [0.1, 0.15) is 43.2 Å². The standard InChI is InChI=1S/C24H33ClN4O4S/c1-17-14-22(18(2)13-20(17)25)34(32,33)29-12-7-26-24(31)21(29)15-23(30)28-10-5-19(6-11-28)16-27-8-3-4-9-27/h7,12-14,19,21H,3-6,8-11,15-16H2,1-2H3,(H,26,31)/t21-/m1/s1. The molecular weight excluding hydrogens is 476 g/mol. The van der Waals surface area contributed by atoms with E-state index in [-0.39, 0.29) is 17.2 Å². The zero-order valence-corrected chi connectivity index (χ0v) is 21.4. The van der Waals surface area contributed by atoms with Gasteiger partial charge in [0.15, 0.2) is 0 Å². The molecule has 1 N–H and O–H groups in total. The van der Waals surface area contributed by atoms with Crippen molar-refractivity contribution in [1.29, 1.82) is 0 Å². The predicted molar refractivity (Wildman–Crippen MR) is 131 cm³/mol. The van der Waals surface area contributed by atoms with Crippen molar-refractivity contribution in [2.75, 3.05) is 32.7 Å². The molecule has 0 radical (unpaired) electrons. The Morgan fingerprint density at radius 1 is 1.09 bits per heavy atom. The Bertz CT molecular complexity index is 1080. The first-order chi connectivity index (χ1) is 16.2. The molecule has 1 aromatic carbocycles. The molecule has 0 bridgehead atoms. The molecule has 3 aliphatic heterocycles. The van der Waals surface area contributed by atoms with E-state index in [0.29, 0.717) is 35.2 Å². The first kappa shape index (κ1) is 25.0. The number of hydrogen-bond donors (Lipinski definition) is 1. The normalized spacial score (nSPS) is 22.3. The summed E-state index contributed by atoms with van der Waals surface area (Å²) in [7, 11) is -4.06. The number of sulfonamides is 1. The van der Waals surface area contributed by atoms with E-state index in [4.69, 9.17) is 11.6 Å². The molecule has 186 valence electrons. The van der Waals surface area contributed by atoms with Gasteiger partial charge in [-0.1, -0.05) is 11.6 Å². The van der Waals surface area contributed by atoms with Crippen LogP contribution in [0.5, 0.6) is 0 Å². The maximum atomic E-state index is 13.5. The van der Waals surface area contributed by atoms with Crippen molar-refractivity contribution in [1.82, 2.24) is 19.4 Å². The predicted octanol–water partition coefficient (Wildman–Crippen LogP) is 2.64. The summed E-state index contributed by atoms with van der Waals surface area (Å²) >= 11 is 6.15. The summed E-state index contributed by atoms with van der Waals surface area (Å²) in [6.07, 6.45) is 6.82. The van der Waals surface area contributed by atoms with Gasteiger partial charge in [0, 0.05) is 37.1 Å². The number of nitrogens with one attached hydrogen (secondary N) is 1. The minimum atomic E-state index is -4.06. The number of aryl methyl sites for hydroxylation is 2. The number of hydrogen-bond acceptors (Lipinski definition) is 5. The number of carbonyl (C=O) groups excluding carboxylic acids is 2. The van der Waals surface area contributed by atoms with E-state index in [2.05, 4.69) is 10.2 Å². The highest BCUT2D eigenvalue weighted by molar-refractivity contribution is 7.89. The summed E-state index contributed by atoms with van der Waals surface area (Å²) in [5.41, 5.74) is 1.11. The van der Waals surface area contributed by atoms with Gasteiger partial charge in [0.05, 0.1) is 11.3 Å². The average Bonchev–Trinajstić information content (AvgIpc) is 3.31. The lowest BCUT2D eigenvalue weighted by Crippen LogP contribution is -2.52. The van der Waals surface area contributed by atoms with Crippen LogP contribution >= 0.6 is 11.6 Å². The van der Waals surface area contributed by atoms with Crippen LogP contribution in [0.2, 0.25) is 5.02 Å². The van der Waals surface area contributed by atoms with Crippen molar-refractivity contribution in [2.24, 2.45) is 5.92 Å².